The Balaban J connectivity index is 3.71. The van der Waals surface area contributed by atoms with Crippen LogP contribution in [0.4, 0.5) is 0 Å². The third-order valence-corrected chi connectivity index (χ3v) is 5.90. The van der Waals surface area contributed by atoms with E-state index in [9.17, 15) is 15.0 Å². The van der Waals surface area contributed by atoms with Gasteiger partial charge in [-0.05, 0) is 6.42 Å². The second-order valence-corrected chi connectivity index (χ2v) is 9.16. The number of carboxylic acid groups (broad SMARTS) is 1. The summed E-state index contributed by atoms with van der Waals surface area (Å²) < 4.78 is 0.189. The van der Waals surface area contributed by atoms with Gasteiger partial charge in [0.15, 0.2) is 5.66 Å². The highest BCUT2D eigenvalue weighted by molar-refractivity contribution is 5.74. The predicted octanol–water partition coefficient (Wildman–Crippen LogP) is 3.59. The van der Waals surface area contributed by atoms with E-state index in [1.807, 2.05) is 21.1 Å². The van der Waals surface area contributed by atoms with Crippen LogP contribution in [0.1, 0.15) is 103 Å². The van der Waals surface area contributed by atoms with E-state index in [0.29, 0.717) is 6.54 Å². The van der Waals surface area contributed by atoms with E-state index in [2.05, 4.69) is 12.2 Å². The number of nitrogens with one attached hydrogen (secondary N) is 1. The summed E-state index contributed by atoms with van der Waals surface area (Å²) in [6, 6.07) is 0. The van der Waals surface area contributed by atoms with Crippen molar-refractivity contribution in [2.24, 2.45) is 0 Å². The molecule has 0 saturated heterocycles. The van der Waals surface area contributed by atoms with Gasteiger partial charge in [0.2, 0.25) is 0 Å². The Morgan fingerprint density at radius 3 is 1.54 bits per heavy atom. The van der Waals surface area contributed by atoms with Crippen LogP contribution in [-0.4, -0.2) is 55.5 Å². The lowest BCUT2D eigenvalue weighted by atomic mass is 10.0. The molecular weight excluding hydrogens is 352 g/mol. The SMILES string of the molecule is CCCCCCCCCCCCCCCCNC(CCO)(C(=O)[O-])[N+](C)(C)C. The zero-order valence-electron chi connectivity index (χ0n) is 19.2. The Bertz CT molecular complexity index is 383. The van der Waals surface area contributed by atoms with E-state index in [-0.39, 0.29) is 17.5 Å². The molecule has 28 heavy (non-hydrogen) atoms. The molecule has 0 bridgehead atoms. The minimum atomic E-state index is -1.23. The molecule has 0 heterocycles. The fourth-order valence-corrected chi connectivity index (χ4v) is 3.89. The highest BCUT2D eigenvalue weighted by Crippen LogP contribution is 2.20. The van der Waals surface area contributed by atoms with E-state index in [0.717, 1.165) is 12.8 Å². The van der Waals surface area contributed by atoms with E-state index in [1.54, 1.807) is 0 Å². The average molecular weight is 401 g/mol. The van der Waals surface area contributed by atoms with Crippen molar-refractivity contribution in [2.75, 3.05) is 34.3 Å². The number of aliphatic carboxylic acids is 1. The Hall–Kier alpha value is -0.650. The van der Waals surface area contributed by atoms with Gasteiger partial charge in [0.1, 0.15) is 5.97 Å². The van der Waals surface area contributed by atoms with Crippen molar-refractivity contribution < 1.29 is 19.5 Å². The first-order valence-corrected chi connectivity index (χ1v) is 11.7. The van der Waals surface area contributed by atoms with Gasteiger partial charge in [-0.25, -0.2) is 0 Å². The maximum absolute atomic E-state index is 11.7. The van der Waals surface area contributed by atoms with Gasteiger partial charge >= 0.3 is 0 Å². The normalized spacial score (nSPS) is 14.2. The third kappa shape index (κ3) is 11.4. The topological polar surface area (TPSA) is 72.4 Å². The maximum Gasteiger partial charge on any atom is 0.195 e. The molecule has 0 aliphatic rings. The Morgan fingerprint density at radius 2 is 1.21 bits per heavy atom. The first kappa shape index (κ1) is 27.4. The highest BCUT2D eigenvalue weighted by atomic mass is 16.4. The molecule has 0 aromatic heterocycles. The van der Waals surface area contributed by atoms with Gasteiger partial charge in [0.05, 0.1) is 27.7 Å². The van der Waals surface area contributed by atoms with Crippen molar-refractivity contribution in [1.82, 2.24) is 5.32 Å². The number of carboxylic acids is 1. The first-order chi connectivity index (χ1) is 13.3. The van der Waals surface area contributed by atoms with Crippen LogP contribution in [0.2, 0.25) is 0 Å². The van der Waals surface area contributed by atoms with Gasteiger partial charge in [-0.15, -0.1) is 0 Å². The number of hydrogen-bond acceptors (Lipinski definition) is 4. The van der Waals surface area contributed by atoms with Crippen molar-refractivity contribution in [3.8, 4) is 0 Å². The number of carbonyl (C=O) groups excluding carboxylic acids is 1. The number of hydrogen-bond donors (Lipinski definition) is 2. The molecule has 1 unspecified atom stereocenters. The molecule has 0 aliphatic heterocycles. The number of rotatable bonds is 20. The number of quaternary nitrogens is 1. The lowest BCUT2D eigenvalue weighted by Crippen LogP contribution is -2.73. The van der Waals surface area contributed by atoms with E-state index in [4.69, 9.17) is 0 Å². The van der Waals surface area contributed by atoms with E-state index >= 15 is 0 Å². The molecule has 0 spiro atoms. The summed E-state index contributed by atoms with van der Waals surface area (Å²) in [5.74, 6) is -1.14. The molecule has 0 saturated carbocycles. The number of nitrogens with zero attached hydrogens (tertiary/aromatic N) is 1. The monoisotopic (exact) mass is 400 g/mol. The maximum atomic E-state index is 11.7. The molecule has 0 fully saturated rings. The molecular formula is C23H48N2O3. The summed E-state index contributed by atoms with van der Waals surface area (Å²) >= 11 is 0. The average Bonchev–Trinajstić information content (AvgIpc) is 2.62. The third-order valence-electron chi connectivity index (χ3n) is 5.90. The molecule has 5 heteroatoms. The molecule has 2 N–H and O–H groups in total. The molecule has 5 nitrogen and oxygen atoms in total. The number of aliphatic hydroxyl groups excluding tert-OH is 1. The van der Waals surface area contributed by atoms with E-state index in [1.165, 1.54) is 77.0 Å². The van der Waals surface area contributed by atoms with E-state index < -0.39 is 11.6 Å². The van der Waals surface area contributed by atoms with Gasteiger partial charge in [0.25, 0.3) is 0 Å². The predicted molar refractivity (Wildman–Crippen MR) is 116 cm³/mol. The smallest absolute Gasteiger partial charge is 0.195 e. The lowest BCUT2D eigenvalue weighted by molar-refractivity contribution is -0.920. The Kier molecular flexibility index (Phi) is 15.8. The molecule has 1 atom stereocenters. The standard InChI is InChI=1S/C23H48N2O3/c1-5-6-7-8-9-10-11-12-13-14-15-16-17-18-20-24-23(19-21-26,22(27)28)25(2,3)4/h24,26H,5-21H2,1-4H3. The lowest BCUT2D eigenvalue weighted by Gasteiger charge is -2.47. The molecule has 0 rings (SSSR count). The van der Waals surface area contributed by atoms with Crippen molar-refractivity contribution in [2.45, 2.75) is 109 Å². The summed E-state index contributed by atoms with van der Waals surface area (Å²) in [5.41, 5.74) is -1.23. The minimum absolute atomic E-state index is 0.150. The van der Waals surface area contributed by atoms with Crippen molar-refractivity contribution >= 4 is 5.97 Å². The zero-order chi connectivity index (χ0) is 21.3. The van der Waals surface area contributed by atoms with Crippen LogP contribution in [0.3, 0.4) is 0 Å². The fraction of sp³-hybridized carbons (Fsp3) is 0.957. The van der Waals surface area contributed by atoms with Gasteiger partial charge in [-0.2, -0.15) is 0 Å². The number of likely N-dealkylation sites (N-methyl/N-ethyl adjacent to an activating group) is 1. The quantitative estimate of drug-likeness (QED) is 0.186. The molecule has 0 amide bonds. The number of aliphatic hydroxyl groups is 1. The number of carbonyl (C=O) groups is 1. The minimum Gasteiger partial charge on any atom is -0.543 e. The summed E-state index contributed by atoms with van der Waals surface area (Å²) in [5, 5.41) is 24.2. The zero-order valence-corrected chi connectivity index (χ0v) is 19.2. The van der Waals surface area contributed by atoms with Crippen LogP contribution < -0.4 is 10.4 Å². The van der Waals surface area contributed by atoms with Crippen molar-refractivity contribution in [3.05, 3.63) is 0 Å². The largest absolute Gasteiger partial charge is 0.543 e. The van der Waals surface area contributed by atoms with Crippen LogP contribution in [0.5, 0.6) is 0 Å². The first-order valence-electron chi connectivity index (χ1n) is 11.7. The number of unbranched alkanes of at least 4 members (excludes halogenated alkanes) is 13. The molecule has 168 valence electrons. The van der Waals surface area contributed by atoms with Crippen LogP contribution in [0, 0.1) is 0 Å². The van der Waals surface area contributed by atoms with Crippen LogP contribution in [0.25, 0.3) is 0 Å². The molecule has 0 aromatic rings. The van der Waals surface area contributed by atoms with Crippen LogP contribution in [0.15, 0.2) is 0 Å². The highest BCUT2D eigenvalue weighted by Gasteiger charge is 2.43. The van der Waals surface area contributed by atoms with Gasteiger partial charge in [-0.1, -0.05) is 90.4 Å². The summed E-state index contributed by atoms with van der Waals surface area (Å²) in [6.45, 7) is 2.73. The molecule has 0 aliphatic carbocycles. The van der Waals surface area contributed by atoms with Gasteiger partial charge < -0.3 is 19.5 Å². The van der Waals surface area contributed by atoms with Gasteiger partial charge in [0, 0.05) is 13.0 Å². The van der Waals surface area contributed by atoms with Gasteiger partial charge in [-0.3, -0.25) is 5.32 Å². The summed E-state index contributed by atoms with van der Waals surface area (Å²) in [6.07, 6.45) is 18.5. The van der Waals surface area contributed by atoms with Crippen LogP contribution >= 0.6 is 0 Å². The van der Waals surface area contributed by atoms with Crippen molar-refractivity contribution in [1.29, 1.82) is 0 Å². The Morgan fingerprint density at radius 1 is 0.821 bits per heavy atom. The summed E-state index contributed by atoms with van der Waals surface area (Å²) in [7, 11) is 5.47. The Labute approximate surface area is 174 Å². The molecule has 0 radical (unpaired) electrons. The van der Waals surface area contributed by atoms with Crippen molar-refractivity contribution in [3.63, 3.8) is 0 Å². The summed E-state index contributed by atoms with van der Waals surface area (Å²) in [4.78, 5) is 11.7. The van der Waals surface area contributed by atoms with Crippen LogP contribution in [-0.2, 0) is 4.79 Å². The second-order valence-electron chi connectivity index (χ2n) is 9.16. The fourth-order valence-electron chi connectivity index (χ4n) is 3.89. The molecule has 0 aromatic carbocycles. The second kappa shape index (κ2) is 16.2.